The summed E-state index contributed by atoms with van der Waals surface area (Å²) >= 11 is 0. The molecule has 1 aromatic heterocycles. The lowest BCUT2D eigenvalue weighted by molar-refractivity contribution is -0.125. The molecule has 0 bridgehead atoms. The summed E-state index contributed by atoms with van der Waals surface area (Å²) in [5, 5.41) is 13.4. The third kappa shape index (κ3) is 3.26. The molecule has 6 heteroatoms. The van der Waals surface area contributed by atoms with E-state index in [4.69, 9.17) is 0 Å². The highest BCUT2D eigenvalue weighted by Gasteiger charge is 2.38. The third-order valence-corrected chi connectivity index (χ3v) is 4.92. The smallest absolute Gasteiger partial charge is 0.272 e. The lowest BCUT2D eigenvalue weighted by atomic mass is 9.78. The van der Waals surface area contributed by atoms with Crippen molar-refractivity contribution in [3.8, 4) is 0 Å². The lowest BCUT2D eigenvalue weighted by Crippen LogP contribution is -2.60. The zero-order valence-electron chi connectivity index (χ0n) is 14.2. The first-order valence-corrected chi connectivity index (χ1v) is 8.52. The number of aryl methyl sites for hydroxylation is 1. The van der Waals surface area contributed by atoms with Gasteiger partial charge in [-0.15, -0.1) is 0 Å². The monoisotopic (exact) mass is 318 g/mol. The van der Waals surface area contributed by atoms with Crippen molar-refractivity contribution in [2.45, 2.75) is 71.4 Å². The van der Waals surface area contributed by atoms with Crippen LogP contribution in [0.2, 0.25) is 0 Å². The highest BCUT2D eigenvalue weighted by Crippen LogP contribution is 2.27. The van der Waals surface area contributed by atoms with Crippen molar-refractivity contribution in [3.63, 3.8) is 0 Å². The van der Waals surface area contributed by atoms with E-state index in [0.29, 0.717) is 18.5 Å². The fourth-order valence-electron chi connectivity index (χ4n) is 3.68. The Labute approximate surface area is 136 Å². The van der Waals surface area contributed by atoms with Gasteiger partial charge in [-0.1, -0.05) is 20.8 Å². The van der Waals surface area contributed by atoms with Crippen LogP contribution in [-0.2, 0) is 17.6 Å². The van der Waals surface area contributed by atoms with Crippen LogP contribution in [0, 0.1) is 5.41 Å². The average molecular weight is 318 g/mol. The molecule has 0 unspecified atom stereocenters. The van der Waals surface area contributed by atoms with Crippen molar-refractivity contribution in [2.75, 3.05) is 0 Å². The highest BCUT2D eigenvalue weighted by atomic mass is 16.2. The predicted molar refractivity (Wildman–Crippen MR) is 87.1 cm³/mol. The van der Waals surface area contributed by atoms with E-state index in [0.717, 1.165) is 36.9 Å². The Morgan fingerprint density at radius 2 is 1.96 bits per heavy atom. The maximum absolute atomic E-state index is 12.7. The number of hydrogen-bond acceptors (Lipinski definition) is 3. The van der Waals surface area contributed by atoms with E-state index in [1.807, 2.05) is 0 Å². The van der Waals surface area contributed by atoms with E-state index >= 15 is 0 Å². The van der Waals surface area contributed by atoms with Gasteiger partial charge in [-0.05, 0) is 37.5 Å². The summed E-state index contributed by atoms with van der Waals surface area (Å²) in [5.74, 6) is -0.0626. The summed E-state index contributed by atoms with van der Waals surface area (Å²) in [6.45, 7) is 6.25. The largest absolute Gasteiger partial charge is 0.351 e. The fraction of sp³-hybridized carbons (Fsp3) is 0.706. The van der Waals surface area contributed by atoms with Gasteiger partial charge >= 0.3 is 0 Å². The zero-order chi connectivity index (χ0) is 16.6. The van der Waals surface area contributed by atoms with Crippen LogP contribution in [0.4, 0.5) is 0 Å². The predicted octanol–water partition coefficient (Wildman–Crippen LogP) is 1.71. The number of carbonyl (C=O) groups excluding carboxylic acids is 2. The maximum atomic E-state index is 12.7. The van der Waals surface area contributed by atoms with Crippen LogP contribution in [-0.4, -0.2) is 34.1 Å². The fourth-order valence-corrected chi connectivity index (χ4v) is 3.68. The van der Waals surface area contributed by atoms with Crippen molar-refractivity contribution in [1.29, 1.82) is 0 Å². The second-order valence-electron chi connectivity index (χ2n) is 7.77. The zero-order valence-corrected chi connectivity index (χ0v) is 14.2. The van der Waals surface area contributed by atoms with Gasteiger partial charge in [0.25, 0.3) is 5.91 Å². The van der Waals surface area contributed by atoms with E-state index in [1.165, 1.54) is 0 Å². The topological polar surface area (TPSA) is 86.9 Å². The summed E-state index contributed by atoms with van der Waals surface area (Å²) in [5.41, 5.74) is 2.59. The summed E-state index contributed by atoms with van der Waals surface area (Å²) in [6.07, 6.45) is 5.27. The van der Waals surface area contributed by atoms with Crippen molar-refractivity contribution < 1.29 is 9.59 Å². The van der Waals surface area contributed by atoms with E-state index in [2.05, 4.69) is 41.6 Å². The number of nitrogens with zero attached hydrogens (tertiary/aromatic N) is 1. The van der Waals surface area contributed by atoms with Gasteiger partial charge in [0.1, 0.15) is 0 Å². The summed E-state index contributed by atoms with van der Waals surface area (Å²) in [4.78, 5) is 24.4. The van der Waals surface area contributed by atoms with E-state index in [9.17, 15) is 9.59 Å². The number of fused-ring (bicyclic) bond motifs is 1. The average Bonchev–Trinajstić information content (AvgIpc) is 2.92. The van der Waals surface area contributed by atoms with Gasteiger partial charge in [-0.2, -0.15) is 5.10 Å². The van der Waals surface area contributed by atoms with E-state index in [1.54, 1.807) is 0 Å². The SMILES string of the molecule is CC(C)(C)[C@@H]1NC(=O)CC[C@H]1NC(=O)c1n[nH]c2c1CCCC2. The van der Waals surface area contributed by atoms with E-state index in [-0.39, 0.29) is 29.3 Å². The number of hydrogen-bond donors (Lipinski definition) is 3. The highest BCUT2D eigenvalue weighted by molar-refractivity contribution is 5.94. The third-order valence-electron chi connectivity index (χ3n) is 4.92. The first-order valence-electron chi connectivity index (χ1n) is 8.52. The molecule has 1 aliphatic carbocycles. The van der Waals surface area contributed by atoms with Crippen LogP contribution in [0.25, 0.3) is 0 Å². The Morgan fingerprint density at radius 1 is 1.22 bits per heavy atom. The van der Waals surface area contributed by atoms with E-state index < -0.39 is 0 Å². The van der Waals surface area contributed by atoms with Gasteiger partial charge < -0.3 is 10.6 Å². The molecule has 1 fully saturated rings. The molecule has 1 saturated heterocycles. The van der Waals surface area contributed by atoms with Crippen LogP contribution >= 0.6 is 0 Å². The van der Waals surface area contributed by atoms with Crippen molar-refractivity contribution in [3.05, 3.63) is 17.0 Å². The van der Waals surface area contributed by atoms with Crippen LogP contribution < -0.4 is 10.6 Å². The molecular weight excluding hydrogens is 292 g/mol. The number of rotatable bonds is 2. The Balaban J connectivity index is 1.76. The Bertz CT molecular complexity index is 615. The number of piperidine rings is 1. The van der Waals surface area contributed by atoms with Gasteiger partial charge in [0.15, 0.2) is 5.69 Å². The number of H-pyrrole nitrogens is 1. The van der Waals surface area contributed by atoms with Gasteiger partial charge in [0.2, 0.25) is 5.91 Å². The molecular formula is C17H26N4O2. The van der Waals surface area contributed by atoms with Gasteiger partial charge in [0, 0.05) is 17.7 Å². The molecule has 23 heavy (non-hydrogen) atoms. The molecule has 2 atom stereocenters. The number of nitrogens with one attached hydrogen (secondary N) is 3. The standard InChI is InChI=1S/C17H26N4O2/c1-17(2,3)15-12(8-9-13(22)19-15)18-16(23)14-10-6-4-5-7-11(10)20-21-14/h12,15H,4-9H2,1-3H3,(H,18,23)(H,19,22)(H,20,21)/t12-,15-/m1/s1. The molecule has 1 aliphatic heterocycles. The minimum Gasteiger partial charge on any atom is -0.351 e. The molecule has 6 nitrogen and oxygen atoms in total. The molecule has 126 valence electrons. The van der Waals surface area contributed by atoms with Crippen LogP contribution in [0.3, 0.4) is 0 Å². The molecule has 3 N–H and O–H groups in total. The summed E-state index contributed by atoms with van der Waals surface area (Å²) < 4.78 is 0. The molecule has 1 aromatic rings. The second-order valence-corrected chi connectivity index (χ2v) is 7.77. The van der Waals surface area contributed by atoms with Crippen molar-refractivity contribution >= 4 is 11.8 Å². The molecule has 0 spiro atoms. The number of carbonyl (C=O) groups is 2. The maximum Gasteiger partial charge on any atom is 0.272 e. The van der Waals surface area contributed by atoms with Crippen molar-refractivity contribution in [2.24, 2.45) is 5.41 Å². The molecule has 0 radical (unpaired) electrons. The lowest BCUT2D eigenvalue weighted by Gasteiger charge is -2.40. The molecule has 2 heterocycles. The molecule has 3 rings (SSSR count). The minimum absolute atomic E-state index is 0.0591. The van der Waals surface area contributed by atoms with Crippen LogP contribution in [0.1, 0.15) is 68.2 Å². The number of aromatic nitrogens is 2. The summed E-state index contributed by atoms with van der Waals surface area (Å²) in [7, 11) is 0. The first kappa shape index (κ1) is 16.0. The second kappa shape index (κ2) is 5.98. The number of aromatic amines is 1. The van der Waals surface area contributed by atoms with Gasteiger partial charge in [0.05, 0.1) is 12.1 Å². The Hall–Kier alpha value is -1.85. The quantitative estimate of drug-likeness (QED) is 0.776. The van der Waals surface area contributed by atoms with Gasteiger partial charge in [-0.3, -0.25) is 14.7 Å². The molecule has 2 amide bonds. The van der Waals surface area contributed by atoms with Crippen LogP contribution in [0.15, 0.2) is 0 Å². The van der Waals surface area contributed by atoms with Gasteiger partial charge in [-0.25, -0.2) is 0 Å². The Morgan fingerprint density at radius 3 is 2.70 bits per heavy atom. The minimum atomic E-state index is -0.125. The Kier molecular flexibility index (Phi) is 4.17. The molecule has 0 saturated carbocycles. The molecule has 0 aromatic carbocycles. The molecule has 2 aliphatic rings. The normalized spacial score (nSPS) is 24.7. The summed E-state index contributed by atoms with van der Waals surface area (Å²) in [6, 6.07) is -0.126. The van der Waals surface area contributed by atoms with Crippen molar-refractivity contribution in [1.82, 2.24) is 20.8 Å². The van der Waals surface area contributed by atoms with Crippen LogP contribution in [0.5, 0.6) is 0 Å². The first-order chi connectivity index (χ1) is 10.9. The number of amides is 2.